The molecule has 7 heteroatoms. The molecule has 1 unspecified atom stereocenters. The summed E-state index contributed by atoms with van der Waals surface area (Å²) in [6.07, 6.45) is 2.18. The van der Waals surface area contributed by atoms with Gasteiger partial charge in [0, 0.05) is 19.5 Å². The van der Waals surface area contributed by atoms with Crippen molar-refractivity contribution in [1.29, 1.82) is 0 Å². The monoisotopic (exact) mass is 265 g/mol. The zero-order valence-corrected chi connectivity index (χ0v) is 11.4. The van der Waals surface area contributed by atoms with Crippen LogP contribution in [-0.2, 0) is 4.79 Å². The van der Waals surface area contributed by atoms with Gasteiger partial charge in [0.25, 0.3) is 5.91 Å². The highest BCUT2D eigenvalue weighted by atomic mass is 16.2. The van der Waals surface area contributed by atoms with Crippen LogP contribution in [0.3, 0.4) is 0 Å². The van der Waals surface area contributed by atoms with E-state index in [4.69, 9.17) is 0 Å². The Kier molecular flexibility index (Phi) is 3.82. The number of likely N-dealkylation sites (N-methyl/N-ethyl adjacent to an activating group) is 1. The molecule has 0 radical (unpaired) electrons. The van der Waals surface area contributed by atoms with Crippen molar-refractivity contribution < 1.29 is 9.59 Å². The molecule has 0 bridgehead atoms. The maximum absolute atomic E-state index is 11.9. The highest BCUT2D eigenvalue weighted by molar-refractivity contribution is 5.94. The minimum atomic E-state index is -0.583. The number of carbonyl (C=O) groups is 2. The maximum Gasteiger partial charge on any atom is 0.291 e. The van der Waals surface area contributed by atoms with E-state index in [0.29, 0.717) is 12.5 Å². The lowest BCUT2D eigenvalue weighted by atomic mass is 10.3. The molecule has 19 heavy (non-hydrogen) atoms. The number of nitrogens with zero attached hydrogens (tertiary/aromatic N) is 3. The van der Waals surface area contributed by atoms with Crippen molar-refractivity contribution in [2.24, 2.45) is 0 Å². The van der Waals surface area contributed by atoms with Crippen LogP contribution in [-0.4, -0.2) is 51.5 Å². The lowest BCUT2D eigenvalue weighted by Crippen LogP contribution is -2.45. The molecular formula is C12H19N5O2. The first kappa shape index (κ1) is 13.5. The molecule has 0 aromatic carbocycles. The molecule has 7 nitrogen and oxygen atoms in total. The third kappa shape index (κ3) is 3.10. The van der Waals surface area contributed by atoms with Gasteiger partial charge in [0.1, 0.15) is 11.9 Å². The van der Waals surface area contributed by atoms with Gasteiger partial charge in [0.05, 0.1) is 0 Å². The van der Waals surface area contributed by atoms with Crippen molar-refractivity contribution in [2.75, 3.05) is 13.6 Å². The highest BCUT2D eigenvalue weighted by Gasteiger charge is 2.28. The Hall–Kier alpha value is -1.92. The first-order valence-electron chi connectivity index (χ1n) is 6.51. The highest BCUT2D eigenvalue weighted by Crippen LogP contribution is 2.37. The van der Waals surface area contributed by atoms with E-state index in [1.807, 2.05) is 6.92 Å². The van der Waals surface area contributed by atoms with Gasteiger partial charge in [-0.25, -0.2) is 4.98 Å². The number of carbonyl (C=O) groups excluding carboxylic acids is 2. The summed E-state index contributed by atoms with van der Waals surface area (Å²) in [5.74, 6) is 0.720. The summed E-state index contributed by atoms with van der Waals surface area (Å²) in [5, 5.41) is 9.26. The molecular weight excluding hydrogens is 246 g/mol. The first-order chi connectivity index (χ1) is 9.02. The van der Waals surface area contributed by atoms with E-state index in [9.17, 15) is 9.59 Å². The number of hydrogen-bond acceptors (Lipinski definition) is 4. The molecule has 0 saturated heterocycles. The molecule has 1 saturated carbocycles. The van der Waals surface area contributed by atoms with Gasteiger partial charge in [-0.3, -0.25) is 14.7 Å². The van der Waals surface area contributed by atoms with Crippen molar-refractivity contribution in [1.82, 2.24) is 25.4 Å². The first-order valence-corrected chi connectivity index (χ1v) is 6.51. The second kappa shape index (κ2) is 5.38. The summed E-state index contributed by atoms with van der Waals surface area (Å²) in [6.45, 7) is 4.13. The van der Waals surface area contributed by atoms with Crippen LogP contribution in [0.1, 0.15) is 49.1 Å². The van der Waals surface area contributed by atoms with Crippen molar-refractivity contribution in [2.45, 2.75) is 38.6 Å². The van der Waals surface area contributed by atoms with Gasteiger partial charge < -0.3 is 10.2 Å². The van der Waals surface area contributed by atoms with E-state index in [-0.39, 0.29) is 11.7 Å². The molecule has 1 aromatic rings. The molecule has 1 aliphatic carbocycles. The summed E-state index contributed by atoms with van der Waals surface area (Å²) in [5.41, 5.74) is 0. The van der Waals surface area contributed by atoms with Crippen LogP contribution in [0, 0.1) is 0 Å². The maximum atomic E-state index is 11.9. The Morgan fingerprint density at radius 1 is 1.53 bits per heavy atom. The van der Waals surface area contributed by atoms with Crippen molar-refractivity contribution in [3.63, 3.8) is 0 Å². The molecule has 1 aromatic heterocycles. The summed E-state index contributed by atoms with van der Waals surface area (Å²) in [7, 11) is 1.70. The van der Waals surface area contributed by atoms with Crippen LogP contribution in [0.15, 0.2) is 0 Å². The zero-order valence-electron chi connectivity index (χ0n) is 11.4. The average Bonchev–Trinajstić information content (AvgIpc) is 3.14. The fourth-order valence-corrected chi connectivity index (χ4v) is 1.72. The lowest BCUT2D eigenvalue weighted by Gasteiger charge is -2.19. The van der Waals surface area contributed by atoms with Crippen LogP contribution >= 0.6 is 0 Å². The molecule has 2 rings (SSSR count). The minimum absolute atomic E-state index is 0.0979. The largest absolute Gasteiger partial charge is 0.344 e. The summed E-state index contributed by atoms with van der Waals surface area (Å²) >= 11 is 0. The van der Waals surface area contributed by atoms with Gasteiger partial charge in [-0.05, 0) is 26.7 Å². The Balaban J connectivity index is 1.93. The predicted octanol–water partition coefficient (Wildman–Crippen LogP) is 0.279. The molecule has 0 aliphatic heterocycles. The smallest absolute Gasteiger partial charge is 0.291 e. The number of rotatable bonds is 5. The van der Waals surface area contributed by atoms with Crippen LogP contribution in [0.5, 0.6) is 0 Å². The molecule has 1 aliphatic rings. The summed E-state index contributed by atoms with van der Waals surface area (Å²) in [4.78, 5) is 29.4. The Morgan fingerprint density at radius 2 is 2.21 bits per heavy atom. The van der Waals surface area contributed by atoms with E-state index < -0.39 is 11.9 Å². The molecule has 104 valence electrons. The predicted molar refractivity (Wildman–Crippen MR) is 68.6 cm³/mol. The summed E-state index contributed by atoms with van der Waals surface area (Å²) in [6, 6.07) is -0.583. The number of aromatic nitrogens is 3. The van der Waals surface area contributed by atoms with Crippen LogP contribution < -0.4 is 5.32 Å². The van der Waals surface area contributed by atoms with Crippen molar-refractivity contribution in [3.05, 3.63) is 11.6 Å². The van der Waals surface area contributed by atoms with Crippen molar-refractivity contribution in [3.8, 4) is 0 Å². The molecule has 1 fully saturated rings. The number of H-pyrrole nitrogens is 1. The van der Waals surface area contributed by atoms with Crippen LogP contribution in [0.25, 0.3) is 0 Å². The second-order valence-corrected chi connectivity index (χ2v) is 4.87. The van der Waals surface area contributed by atoms with Gasteiger partial charge in [-0.1, -0.05) is 0 Å². The number of aromatic amines is 1. The lowest BCUT2D eigenvalue weighted by molar-refractivity contribution is -0.131. The normalized spacial score (nSPS) is 15.9. The van der Waals surface area contributed by atoms with E-state index in [0.717, 1.165) is 18.7 Å². The summed E-state index contributed by atoms with van der Waals surface area (Å²) < 4.78 is 0. The Morgan fingerprint density at radius 3 is 2.79 bits per heavy atom. The third-order valence-corrected chi connectivity index (χ3v) is 3.24. The number of hydrogen-bond donors (Lipinski definition) is 2. The van der Waals surface area contributed by atoms with E-state index in [1.54, 1.807) is 18.9 Å². The van der Waals surface area contributed by atoms with E-state index in [2.05, 4.69) is 20.5 Å². The number of amides is 2. The Labute approximate surface area is 111 Å². The average molecular weight is 265 g/mol. The molecule has 0 spiro atoms. The molecule has 2 amide bonds. The minimum Gasteiger partial charge on any atom is -0.344 e. The molecule has 2 N–H and O–H groups in total. The van der Waals surface area contributed by atoms with Gasteiger partial charge >= 0.3 is 0 Å². The second-order valence-electron chi connectivity index (χ2n) is 4.87. The van der Waals surface area contributed by atoms with Crippen LogP contribution in [0.4, 0.5) is 0 Å². The van der Waals surface area contributed by atoms with Crippen LogP contribution in [0.2, 0.25) is 0 Å². The topological polar surface area (TPSA) is 91.0 Å². The molecule has 1 atom stereocenters. The SMILES string of the molecule is CCN(C)C(=O)C(C)NC(=O)c1n[nH]c(C2CC2)n1. The Bertz CT molecular complexity index is 480. The van der Waals surface area contributed by atoms with E-state index in [1.165, 1.54) is 0 Å². The fraction of sp³-hybridized carbons (Fsp3) is 0.667. The van der Waals surface area contributed by atoms with Gasteiger partial charge in [-0.15, -0.1) is 5.10 Å². The molecule has 1 heterocycles. The fourth-order valence-electron chi connectivity index (χ4n) is 1.72. The number of nitrogens with one attached hydrogen (secondary N) is 2. The van der Waals surface area contributed by atoms with Gasteiger partial charge in [0.2, 0.25) is 11.7 Å². The standard InChI is InChI=1S/C12H19N5O2/c1-4-17(3)12(19)7(2)13-11(18)10-14-9(15-16-10)8-5-6-8/h7-8H,4-6H2,1-3H3,(H,13,18)(H,14,15,16). The quantitative estimate of drug-likeness (QED) is 0.800. The van der Waals surface area contributed by atoms with Gasteiger partial charge in [-0.2, -0.15) is 0 Å². The van der Waals surface area contributed by atoms with Crippen molar-refractivity contribution >= 4 is 11.8 Å². The zero-order chi connectivity index (χ0) is 14.0. The van der Waals surface area contributed by atoms with E-state index >= 15 is 0 Å². The van der Waals surface area contributed by atoms with Gasteiger partial charge in [0.15, 0.2) is 0 Å². The third-order valence-electron chi connectivity index (χ3n) is 3.24.